The van der Waals surface area contributed by atoms with Crippen LogP contribution in [-0.2, 0) is 17.7 Å². The number of hydrogen-bond donors (Lipinski definition) is 2. The first-order valence-electron chi connectivity index (χ1n) is 11.7. The maximum atomic E-state index is 12.2. The van der Waals surface area contributed by atoms with Crippen LogP contribution in [0.25, 0.3) is 0 Å². The molecule has 10 nitrogen and oxygen atoms in total. The van der Waals surface area contributed by atoms with Gasteiger partial charge < -0.3 is 20.1 Å². The standard InChI is InChI=1S/C24H32N6O4/c1-17(2)20-16-34-24(33)30(20)21-8-10-26-22(27-21)25-9-7-18-3-5-19(6-4-18)15-28-11-13-29(14-12-28)23(31)32/h3-6,8,10,17,20H,7,9,11-16H2,1-2H3,(H,31,32)(H,25,26,27)/t20-/m1/s1. The van der Waals surface area contributed by atoms with Gasteiger partial charge >= 0.3 is 12.2 Å². The van der Waals surface area contributed by atoms with Gasteiger partial charge in [0.05, 0.1) is 6.04 Å². The molecule has 2 amide bonds. The molecule has 2 aromatic rings. The van der Waals surface area contributed by atoms with Gasteiger partial charge in [-0.15, -0.1) is 0 Å². The van der Waals surface area contributed by atoms with Crippen LogP contribution in [0.3, 0.4) is 0 Å². The van der Waals surface area contributed by atoms with Gasteiger partial charge in [0.15, 0.2) is 0 Å². The average molecular weight is 469 g/mol. The first kappa shape index (κ1) is 23.7. The number of carbonyl (C=O) groups is 2. The number of nitrogens with one attached hydrogen (secondary N) is 1. The van der Waals surface area contributed by atoms with Crippen molar-refractivity contribution in [2.24, 2.45) is 5.92 Å². The molecule has 2 aliphatic heterocycles. The summed E-state index contributed by atoms with van der Waals surface area (Å²) in [7, 11) is 0. The maximum Gasteiger partial charge on any atom is 0.415 e. The predicted octanol–water partition coefficient (Wildman–Crippen LogP) is 2.91. The van der Waals surface area contributed by atoms with Crippen molar-refractivity contribution >= 4 is 24.0 Å². The Bertz CT molecular complexity index is 991. The Morgan fingerprint density at radius 2 is 1.85 bits per heavy atom. The maximum absolute atomic E-state index is 12.2. The zero-order valence-corrected chi connectivity index (χ0v) is 19.7. The fourth-order valence-corrected chi connectivity index (χ4v) is 4.24. The second-order valence-corrected chi connectivity index (χ2v) is 9.04. The van der Waals surface area contributed by atoms with Gasteiger partial charge in [-0.1, -0.05) is 38.1 Å². The summed E-state index contributed by atoms with van der Waals surface area (Å²) in [6.07, 6.45) is 1.25. The van der Waals surface area contributed by atoms with Crippen LogP contribution in [0.1, 0.15) is 25.0 Å². The van der Waals surface area contributed by atoms with E-state index in [0.717, 1.165) is 26.1 Å². The lowest BCUT2D eigenvalue weighted by molar-refractivity contribution is 0.103. The highest BCUT2D eigenvalue weighted by atomic mass is 16.6. The zero-order valence-electron chi connectivity index (χ0n) is 19.7. The van der Waals surface area contributed by atoms with Crippen molar-refractivity contribution in [2.75, 3.05) is 49.5 Å². The molecule has 0 radical (unpaired) electrons. The summed E-state index contributed by atoms with van der Waals surface area (Å²) in [5, 5.41) is 12.3. The molecule has 1 aromatic carbocycles. The lowest BCUT2D eigenvalue weighted by Crippen LogP contribution is -2.47. The Labute approximate surface area is 199 Å². The Morgan fingerprint density at radius 3 is 2.53 bits per heavy atom. The molecule has 2 aliphatic rings. The van der Waals surface area contributed by atoms with E-state index in [2.05, 4.69) is 58.3 Å². The van der Waals surface area contributed by atoms with Gasteiger partial charge in [0, 0.05) is 45.5 Å². The van der Waals surface area contributed by atoms with E-state index in [0.29, 0.717) is 38.0 Å². The smallest absolute Gasteiger partial charge is 0.415 e. The lowest BCUT2D eigenvalue weighted by atomic mass is 10.0. The number of nitrogens with zero attached hydrogens (tertiary/aromatic N) is 5. The van der Waals surface area contributed by atoms with Crippen molar-refractivity contribution in [3.05, 3.63) is 47.7 Å². The quantitative estimate of drug-likeness (QED) is 0.608. The highest BCUT2D eigenvalue weighted by molar-refractivity contribution is 5.89. The number of carboxylic acid groups (broad SMARTS) is 1. The Hall–Kier alpha value is -3.40. The van der Waals surface area contributed by atoms with E-state index >= 15 is 0 Å². The summed E-state index contributed by atoms with van der Waals surface area (Å²) in [5.74, 6) is 1.29. The number of anilines is 2. The summed E-state index contributed by atoms with van der Waals surface area (Å²) in [5.41, 5.74) is 2.42. The predicted molar refractivity (Wildman–Crippen MR) is 128 cm³/mol. The van der Waals surface area contributed by atoms with Crippen molar-refractivity contribution in [3.63, 3.8) is 0 Å². The van der Waals surface area contributed by atoms with Crippen LogP contribution in [0.2, 0.25) is 0 Å². The molecule has 182 valence electrons. The largest absolute Gasteiger partial charge is 0.465 e. The van der Waals surface area contributed by atoms with Crippen molar-refractivity contribution in [2.45, 2.75) is 32.9 Å². The van der Waals surface area contributed by atoms with Crippen molar-refractivity contribution in [1.82, 2.24) is 19.8 Å². The number of ether oxygens (including phenoxy) is 1. The monoisotopic (exact) mass is 468 g/mol. The van der Waals surface area contributed by atoms with E-state index in [-0.39, 0.29) is 18.1 Å². The first-order valence-corrected chi connectivity index (χ1v) is 11.7. The SMILES string of the molecule is CC(C)[C@H]1COC(=O)N1c1ccnc(NCCc2ccc(CN3CCN(C(=O)O)CC3)cc2)n1. The molecule has 2 N–H and O–H groups in total. The number of cyclic esters (lactones) is 1. The molecule has 10 heteroatoms. The number of aromatic nitrogens is 2. The van der Waals surface area contributed by atoms with Crippen molar-refractivity contribution < 1.29 is 19.4 Å². The zero-order chi connectivity index (χ0) is 24.1. The molecule has 3 heterocycles. The molecule has 4 rings (SSSR count). The molecule has 0 aliphatic carbocycles. The van der Waals surface area contributed by atoms with Gasteiger partial charge in [0.2, 0.25) is 5.95 Å². The Balaban J connectivity index is 1.26. The third-order valence-electron chi connectivity index (χ3n) is 6.33. The molecule has 2 fully saturated rings. The van der Waals surface area contributed by atoms with E-state index < -0.39 is 6.09 Å². The van der Waals surface area contributed by atoms with Gasteiger partial charge in [0.1, 0.15) is 12.4 Å². The van der Waals surface area contributed by atoms with Crippen LogP contribution in [0.4, 0.5) is 21.4 Å². The van der Waals surface area contributed by atoms with Crippen molar-refractivity contribution in [3.8, 4) is 0 Å². The molecular formula is C24H32N6O4. The lowest BCUT2D eigenvalue weighted by Gasteiger charge is -2.33. The van der Waals surface area contributed by atoms with Crippen LogP contribution in [0.5, 0.6) is 0 Å². The van der Waals surface area contributed by atoms with E-state index in [4.69, 9.17) is 9.84 Å². The summed E-state index contributed by atoms with van der Waals surface area (Å²) in [6, 6.07) is 10.2. The van der Waals surface area contributed by atoms with Crippen LogP contribution in [0.15, 0.2) is 36.5 Å². The van der Waals surface area contributed by atoms with Crippen LogP contribution >= 0.6 is 0 Å². The Morgan fingerprint density at radius 1 is 1.15 bits per heavy atom. The topological polar surface area (TPSA) is 111 Å². The highest BCUT2D eigenvalue weighted by Crippen LogP contribution is 2.25. The summed E-state index contributed by atoms with van der Waals surface area (Å²) >= 11 is 0. The number of carbonyl (C=O) groups excluding carboxylic acids is 1. The molecule has 0 bridgehead atoms. The van der Waals surface area contributed by atoms with Gasteiger partial charge in [0.25, 0.3) is 0 Å². The van der Waals surface area contributed by atoms with E-state index in [1.165, 1.54) is 16.0 Å². The number of amides is 2. The number of piperazine rings is 1. The molecular weight excluding hydrogens is 436 g/mol. The van der Waals surface area contributed by atoms with E-state index in [1.807, 2.05) is 0 Å². The third-order valence-corrected chi connectivity index (χ3v) is 6.33. The second-order valence-electron chi connectivity index (χ2n) is 9.04. The van der Waals surface area contributed by atoms with E-state index in [1.54, 1.807) is 17.2 Å². The van der Waals surface area contributed by atoms with Crippen LogP contribution < -0.4 is 10.2 Å². The molecule has 34 heavy (non-hydrogen) atoms. The summed E-state index contributed by atoms with van der Waals surface area (Å²) < 4.78 is 5.22. The first-order chi connectivity index (χ1) is 16.4. The average Bonchev–Trinajstić information content (AvgIpc) is 3.22. The highest BCUT2D eigenvalue weighted by Gasteiger charge is 2.37. The Kier molecular flexibility index (Phi) is 7.46. The molecule has 0 unspecified atom stereocenters. The molecule has 1 aromatic heterocycles. The van der Waals surface area contributed by atoms with Crippen LogP contribution in [0, 0.1) is 5.92 Å². The van der Waals surface area contributed by atoms with Gasteiger partial charge in [-0.3, -0.25) is 9.80 Å². The van der Waals surface area contributed by atoms with Crippen molar-refractivity contribution in [1.29, 1.82) is 0 Å². The molecule has 0 saturated carbocycles. The minimum Gasteiger partial charge on any atom is -0.465 e. The second kappa shape index (κ2) is 10.7. The molecule has 1 atom stereocenters. The minimum atomic E-state index is -0.840. The fourth-order valence-electron chi connectivity index (χ4n) is 4.24. The number of benzene rings is 1. The van der Waals surface area contributed by atoms with Gasteiger partial charge in [-0.2, -0.15) is 4.98 Å². The minimum absolute atomic E-state index is 0.0326. The van der Waals surface area contributed by atoms with E-state index in [9.17, 15) is 9.59 Å². The number of hydrogen-bond acceptors (Lipinski definition) is 7. The number of rotatable bonds is 8. The van der Waals surface area contributed by atoms with Gasteiger partial charge in [-0.05, 0) is 29.5 Å². The molecule has 0 spiro atoms. The fraction of sp³-hybridized carbons (Fsp3) is 0.500. The van der Waals surface area contributed by atoms with Crippen LogP contribution in [-0.4, -0.2) is 82.4 Å². The third kappa shape index (κ3) is 5.74. The summed E-state index contributed by atoms with van der Waals surface area (Å²) in [4.78, 5) is 37.4. The molecule has 2 saturated heterocycles. The van der Waals surface area contributed by atoms with Gasteiger partial charge in [-0.25, -0.2) is 14.6 Å². The normalized spacial score (nSPS) is 18.9. The summed E-state index contributed by atoms with van der Waals surface area (Å²) in [6.45, 7) is 8.60.